The summed E-state index contributed by atoms with van der Waals surface area (Å²) in [6, 6.07) is 1.21. The summed E-state index contributed by atoms with van der Waals surface area (Å²) in [7, 11) is 0. The molecule has 0 saturated carbocycles. The van der Waals surface area contributed by atoms with Crippen molar-refractivity contribution in [3.8, 4) is 11.5 Å². The van der Waals surface area contributed by atoms with Crippen LogP contribution in [0.25, 0.3) is 0 Å². The highest BCUT2D eigenvalue weighted by atomic mass is 16.3. The SMILES string of the molecule is CCC(=O)c1c(O)cc(O)c(C)c1C. The van der Waals surface area contributed by atoms with Crippen molar-refractivity contribution in [1.82, 2.24) is 0 Å². The van der Waals surface area contributed by atoms with Gasteiger partial charge in [0.25, 0.3) is 0 Å². The highest BCUT2D eigenvalue weighted by molar-refractivity contribution is 6.00. The molecule has 0 aliphatic carbocycles. The zero-order valence-corrected chi connectivity index (χ0v) is 8.59. The van der Waals surface area contributed by atoms with Crippen molar-refractivity contribution in [2.75, 3.05) is 0 Å². The number of hydrogen-bond acceptors (Lipinski definition) is 3. The smallest absolute Gasteiger partial charge is 0.166 e. The van der Waals surface area contributed by atoms with Crippen molar-refractivity contribution >= 4 is 5.78 Å². The van der Waals surface area contributed by atoms with E-state index in [1.54, 1.807) is 20.8 Å². The standard InChI is InChI=1S/C11H14O3/c1-4-8(12)11-7(3)6(2)9(13)5-10(11)14/h5,13-14H,4H2,1-3H3. The fraction of sp³-hybridized carbons (Fsp3) is 0.364. The van der Waals surface area contributed by atoms with E-state index in [0.717, 1.165) is 0 Å². The maximum absolute atomic E-state index is 11.5. The Morgan fingerprint density at radius 1 is 1.21 bits per heavy atom. The Bertz CT molecular complexity index is 381. The van der Waals surface area contributed by atoms with E-state index in [-0.39, 0.29) is 17.3 Å². The second kappa shape index (κ2) is 3.70. The van der Waals surface area contributed by atoms with Crippen LogP contribution in [0.4, 0.5) is 0 Å². The molecule has 1 aromatic carbocycles. The van der Waals surface area contributed by atoms with Crippen LogP contribution in [0.3, 0.4) is 0 Å². The number of phenolic OH excluding ortho intramolecular Hbond substituents is 2. The van der Waals surface area contributed by atoms with Gasteiger partial charge >= 0.3 is 0 Å². The van der Waals surface area contributed by atoms with Crippen molar-refractivity contribution in [3.63, 3.8) is 0 Å². The number of carbonyl (C=O) groups is 1. The van der Waals surface area contributed by atoms with Gasteiger partial charge in [0.2, 0.25) is 0 Å². The number of phenols is 2. The van der Waals surface area contributed by atoms with E-state index < -0.39 is 0 Å². The molecule has 0 saturated heterocycles. The van der Waals surface area contributed by atoms with Crippen LogP contribution in [0.5, 0.6) is 11.5 Å². The molecule has 0 fully saturated rings. The van der Waals surface area contributed by atoms with Crippen LogP contribution in [0.15, 0.2) is 6.07 Å². The van der Waals surface area contributed by atoms with Gasteiger partial charge in [-0.25, -0.2) is 0 Å². The quantitative estimate of drug-likeness (QED) is 0.710. The van der Waals surface area contributed by atoms with Gasteiger partial charge in [-0.2, -0.15) is 0 Å². The summed E-state index contributed by atoms with van der Waals surface area (Å²) in [5.41, 5.74) is 1.61. The molecule has 0 amide bonds. The van der Waals surface area contributed by atoms with E-state index >= 15 is 0 Å². The lowest BCUT2D eigenvalue weighted by Gasteiger charge is -2.10. The summed E-state index contributed by atoms with van der Waals surface area (Å²) in [5, 5.41) is 18.9. The van der Waals surface area contributed by atoms with Crippen molar-refractivity contribution in [1.29, 1.82) is 0 Å². The maximum Gasteiger partial charge on any atom is 0.166 e. The molecule has 0 radical (unpaired) electrons. The Morgan fingerprint density at radius 2 is 1.79 bits per heavy atom. The summed E-state index contributed by atoms with van der Waals surface area (Å²) >= 11 is 0. The van der Waals surface area contributed by atoms with E-state index in [2.05, 4.69) is 0 Å². The van der Waals surface area contributed by atoms with Gasteiger partial charge in [0.15, 0.2) is 5.78 Å². The number of aromatic hydroxyl groups is 2. The predicted molar refractivity (Wildman–Crippen MR) is 53.9 cm³/mol. The Hall–Kier alpha value is -1.51. The molecule has 0 atom stereocenters. The second-order valence-electron chi connectivity index (χ2n) is 3.32. The average molecular weight is 194 g/mol. The number of ketones is 1. The van der Waals surface area contributed by atoms with Gasteiger partial charge in [-0.1, -0.05) is 6.92 Å². The van der Waals surface area contributed by atoms with Crippen molar-refractivity contribution in [2.24, 2.45) is 0 Å². The fourth-order valence-electron chi connectivity index (χ4n) is 1.41. The number of hydrogen-bond donors (Lipinski definition) is 2. The molecule has 2 N–H and O–H groups in total. The zero-order chi connectivity index (χ0) is 10.9. The normalized spacial score (nSPS) is 10.2. The van der Waals surface area contributed by atoms with Crippen LogP contribution in [-0.4, -0.2) is 16.0 Å². The fourth-order valence-corrected chi connectivity index (χ4v) is 1.41. The van der Waals surface area contributed by atoms with E-state index in [4.69, 9.17) is 0 Å². The summed E-state index contributed by atoms with van der Waals surface area (Å²) in [6.45, 7) is 5.18. The largest absolute Gasteiger partial charge is 0.508 e. The van der Waals surface area contributed by atoms with Crippen LogP contribution in [0.2, 0.25) is 0 Å². The minimum absolute atomic E-state index is 0.0210. The molecule has 0 spiro atoms. The second-order valence-corrected chi connectivity index (χ2v) is 3.32. The van der Waals surface area contributed by atoms with Crippen molar-refractivity contribution < 1.29 is 15.0 Å². The lowest BCUT2D eigenvalue weighted by molar-refractivity contribution is 0.0985. The van der Waals surface area contributed by atoms with E-state index in [1.807, 2.05) is 0 Å². The van der Waals surface area contributed by atoms with Crippen LogP contribution in [0.1, 0.15) is 34.8 Å². The van der Waals surface area contributed by atoms with Gasteiger partial charge in [0, 0.05) is 12.5 Å². The molecular formula is C11H14O3. The van der Waals surface area contributed by atoms with Gasteiger partial charge in [-0.05, 0) is 25.0 Å². The Kier molecular flexibility index (Phi) is 2.79. The molecule has 0 unspecified atom stereocenters. The van der Waals surface area contributed by atoms with Crippen LogP contribution >= 0.6 is 0 Å². The molecular weight excluding hydrogens is 180 g/mol. The number of Topliss-reactive ketones (excluding diaryl/α,β-unsaturated/α-hetero) is 1. The maximum atomic E-state index is 11.5. The third-order valence-electron chi connectivity index (χ3n) is 2.45. The average Bonchev–Trinajstić information content (AvgIpc) is 2.14. The van der Waals surface area contributed by atoms with Crippen molar-refractivity contribution in [3.05, 3.63) is 22.8 Å². The Balaban J connectivity index is 3.44. The Morgan fingerprint density at radius 3 is 2.29 bits per heavy atom. The molecule has 14 heavy (non-hydrogen) atoms. The van der Waals surface area contributed by atoms with E-state index in [1.165, 1.54) is 6.07 Å². The molecule has 1 aromatic rings. The van der Waals surface area contributed by atoms with E-state index in [9.17, 15) is 15.0 Å². The molecule has 0 heterocycles. The number of rotatable bonds is 2. The molecule has 3 heteroatoms. The first-order valence-electron chi connectivity index (χ1n) is 4.54. The number of benzene rings is 1. The van der Waals surface area contributed by atoms with E-state index in [0.29, 0.717) is 23.1 Å². The van der Waals surface area contributed by atoms with Gasteiger partial charge in [0.1, 0.15) is 11.5 Å². The summed E-state index contributed by atoms with van der Waals surface area (Å²) in [4.78, 5) is 11.5. The minimum Gasteiger partial charge on any atom is -0.508 e. The molecule has 0 aromatic heterocycles. The molecule has 76 valence electrons. The monoisotopic (exact) mass is 194 g/mol. The first kappa shape index (κ1) is 10.6. The van der Waals surface area contributed by atoms with Crippen LogP contribution < -0.4 is 0 Å². The van der Waals surface area contributed by atoms with Crippen molar-refractivity contribution in [2.45, 2.75) is 27.2 Å². The van der Waals surface area contributed by atoms with Crippen LogP contribution in [-0.2, 0) is 0 Å². The van der Waals surface area contributed by atoms with Crippen LogP contribution in [0, 0.1) is 13.8 Å². The summed E-state index contributed by atoms with van der Waals surface area (Å²) in [5.74, 6) is -0.229. The molecule has 0 aliphatic heterocycles. The first-order valence-corrected chi connectivity index (χ1v) is 4.54. The topological polar surface area (TPSA) is 57.5 Å². The lowest BCUT2D eigenvalue weighted by atomic mass is 9.97. The highest BCUT2D eigenvalue weighted by Crippen LogP contribution is 2.31. The third kappa shape index (κ3) is 1.58. The zero-order valence-electron chi connectivity index (χ0n) is 8.59. The Labute approximate surface area is 83.0 Å². The summed E-state index contributed by atoms with van der Waals surface area (Å²) in [6.07, 6.45) is 0.346. The van der Waals surface area contributed by atoms with Gasteiger partial charge < -0.3 is 10.2 Å². The molecule has 0 aliphatic rings. The molecule has 3 nitrogen and oxygen atoms in total. The predicted octanol–water partition coefficient (Wildman–Crippen LogP) is 2.31. The van der Waals surface area contributed by atoms with Gasteiger partial charge in [-0.3, -0.25) is 4.79 Å². The molecule has 0 bridgehead atoms. The summed E-state index contributed by atoms with van der Waals surface area (Å²) < 4.78 is 0. The highest BCUT2D eigenvalue weighted by Gasteiger charge is 2.16. The minimum atomic E-state index is -0.141. The number of carbonyl (C=O) groups excluding carboxylic acids is 1. The first-order chi connectivity index (χ1) is 6.49. The van der Waals surface area contributed by atoms with Gasteiger partial charge in [-0.15, -0.1) is 0 Å². The molecule has 1 rings (SSSR count). The third-order valence-corrected chi connectivity index (χ3v) is 2.45. The lowest BCUT2D eigenvalue weighted by Crippen LogP contribution is -2.02. The van der Waals surface area contributed by atoms with Gasteiger partial charge in [0.05, 0.1) is 5.56 Å².